The second-order valence-corrected chi connectivity index (χ2v) is 16.2. The summed E-state index contributed by atoms with van der Waals surface area (Å²) in [5.74, 6) is -0.0643. The van der Waals surface area contributed by atoms with E-state index in [1.165, 1.54) is 28.1 Å². The SMILES string of the molecule is Nc1nc2c(ncn2[C@@H]2S[C@@](CO)(CF)C[C@H]2OP(O)(=S)OC[C@@]23CO[C@@H]([C@H](n4cnc5c(N)ncnc54)O2)[C@@H]3O[PH](=O)O)c(=O)[nH]1. The number of hydrogen-bond donors (Lipinski definition) is 6. The molecule has 3 aliphatic rings. The monoisotopic (exact) mass is 736 g/mol. The fraction of sp³-hybridized carbons (Fsp3) is 0.545. The Balaban J connectivity index is 1.15. The number of imidazole rings is 2. The molecule has 3 fully saturated rings. The Morgan fingerprint density at radius 3 is 2.74 bits per heavy atom. The molecule has 0 amide bonds. The van der Waals surface area contributed by atoms with Crippen molar-refractivity contribution in [2.45, 2.75) is 46.7 Å². The van der Waals surface area contributed by atoms with Crippen LogP contribution in [0.1, 0.15) is 18.0 Å². The van der Waals surface area contributed by atoms with Crippen molar-refractivity contribution in [1.82, 2.24) is 39.0 Å². The molecule has 0 saturated carbocycles. The molecule has 3 saturated heterocycles. The van der Waals surface area contributed by atoms with Gasteiger partial charge in [-0.15, -0.1) is 11.8 Å². The van der Waals surface area contributed by atoms with E-state index in [1.54, 1.807) is 0 Å². The number of nitrogens with one attached hydrogen (secondary N) is 1. The Hall–Kier alpha value is -2.66. The first-order valence-electron chi connectivity index (χ1n) is 13.7. The van der Waals surface area contributed by atoms with Crippen LogP contribution >= 0.6 is 26.7 Å². The normalized spacial score (nSPS) is 32.4. The molecular formula is C22H27FN10O10P2S2. The number of fused-ring (bicyclic) bond motifs is 4. The highest BCUT2D eigenvalue weighted by molar-refractivity contribution is 8.07. The molecule has 3 aliphatic heterocycles. The van der Waals surface area contributed by atoms with Crippen molar-refractivity contribution in [1.29, 1.82) is 0 Å². The second-order valence-electron chi connectivity index (χ2n) is 11.1. The number of aromatic amines is 1. The van der Waals surface area contributed by atoms with Crippen LogP contribution < -0.4 is 17.0 Å². The van der Waals surface area contributed by atoms with Crippen LogP contribution in [0.4, 0.5) is 16.2 Å². The van der Waals surface area contributed by atoms with Crippen LogP contribution in [-0.2, 0) is 39.4 Å². The summed E-state index contributed by atoms with van der Waals surface area (Å²) in [5.41, 5.74) is 10.1. The first kappa shape index (κ1) is 32.9. The predicted molar refractivity (Wildman–Crippen MR) is 165 cm³/mol. The van der Waals surface area contributed by atoms with Crippen LogP contribution in [0.2, 0.25) is 0 Å². The van der Waals surface area contributed by atoms with Crippen LogP contribution in [0.3, 0.4) is 0 Å². The number of aromatic nitrogens is 8. The maximum Gasteiger partial charge on any atom is 0.325 e. The van der Waals surface area contributed by atoms with Crippen molar-refractivity contribution in [2.24, 2.45) is 0 Å². The topological polar surface area (TPSA) is 283 Å². The van der Waals surface area contributed by atoms with Crippen molar-refractivity contribution in [3.05, 3.63) is 29.3 Å². The van der Waals surface area contributed by atoms with Crippen molar-refractivity contribution < 1.29 is 46.9 Å². The molecule has 2 unspecified atom stereocenters. The van der Waals surface area contributed by atoms with Crippen LogP contribution in [0.5, 0.6) is 0 Å². The zero-order valence-corrected chi connectivity index (χ0v) is 27.3. The van der Waals surface area contributed by atoms with E-state index in [0.29, 0.717) is 11.2 Å². The Kier molecular flexibility index (Phi) is 8.42. The molecule has 7 heterocycles. The predicted octanol–water partition coefficient (Wildman–Crippen LogP) is -0.488. The lowest BCUT2D eigenvalue weighted by Crippen LogP contribution is -2.45. The smallest absolute Gasteiger partial charge is 0.325 e. The van der Waals surface area contributed by atoms with Crippen LogP contribution in [0, 0.1) is 0 Å². The number of aliphatic hydroxyl groups is 1. The highest BCUT2D eigenvalue weighted by atomic mass is 32.5. The van der Waals surface area contributed by atoms with Gasteiger partial charge in [0.25, 0.3) is 5.56 Å². The number of ether oxygens (including phenoxy) is 2. The fourth-order valence-corrected chi connectivity index (χ4v) is 9.58. The lowest BCUT2D eigenvalue weighted by atomic mass is 10.0. The molecular weight excluding hydrogens is 709 g/mol. The third-order valence-electron chi connectivity index (χ3n) is 8.12. The number of thioether (sulfide) groups is 1. The molecule has 0 aromatic carbocycles. The highest BCUT2D eigenvalue weighted by Gasteiger charge is 2.64. The van der Waals surface area contributed by atoms with E-state index in [4.69, 9.17) is 46.3 Å². The summed E-state index contributed by atoms with van der Waals surface area (Å²) in [6, 6.07) is 0. The number of H-pyrrole nitrogens is 1. The van der Waals surface area contributed by atoms with Crippen molar-refractivity contribution in [2.75, 3.05) is 38.0 Å². The summed E-state index contributed by atoms with van der Waals surface area (Å²) < 4.78 is 57.0. The molecule has 9 atom stereocenters. The molecule has 8 N–H and O–H groups in total. The van der Waals surface area contributed by atoms with Gasteiger partial charge in [0.2, 0.25) is 5.95 Å². The quantitative estimate of drug-likeness (QED) is 0.106. The molecule has 7 rings (SSSR count). The Bertz CT molecular complexity index is 1980. The highest BCUT2D eigenvalue weighted by Crippen LogP contribution is 2.58. The zero-order chi connectivity index (χ0) is 33.3. The van der Waals surface area contributed by atoms with Gasteiger partial charge in [0.15, 0.2) is 28.9 Å². The molecule has 25 heteroatoms. The number of nitrogens with zero attached hydrogens (tertiary/aromatic N) is 7. The third-order valence-corrected chi connectivity index (χ3v) is 11.8. The van der Waals surface area contributed by atoms with E-state index in [-0.39, 0.29) is 36.0 Å². The van der Waals surface area contributed by atoms with Gasteiger partial charge in [-0.1, -0.05) is 0 Å². The minimum absolute atomic E-state index is 0.0446. The standard InChI is InChI=1S/C22H27FN10O10P2S2/c23-2-21(3-34)1-9(19(47-21)33-8-29-11-16(33)30-20(25)31-17(11)35)43-45(38,46)40-5-22-4-39-12(13(22)42-44(36)37)18(41-22)32-7-28-10-14(24)26-6-27-15(10)32/h6-9,12-13,18-19,34,44H,1-5H2,(H,36,37)(H,38,46)(H2,24,26,27)(H3,25,30,31,35)/t9-,12-,13+,18-,19-,21-,22-,45?/m1/s1. The van der Waals surface area contributed by atoms with Gasteiger partial charge in [0.05, 0.1) is 43.3 Å². The minimum atomic E-state index is -4.22. The van der Waals surface area contributed by atoms with Crippen LogP contribution in [0.25, 0.3) is 22.3 Å². The van der Waals surface area contributed by atoms with Crippen molar-refractivity contribution in [3.63, 3.8) is 0 Å². The summed E-state index contributed by atoms with van der Waals surface area (Å²) in [4.78, 5) is 56.3. The molecule has 4 aromatic rings. The Labute approximate surface area is 272 Å². The van der Waals surface area contributed by atoms with Gasteiger partial charge in [-0.3, -0.25) is 23.5 Å². The number of hydrogen-bond acceptors (Lipinski definition) is 17. The molecule has 20 nitrogen and oxygen atoms in total. The molecule has 4 aromatic heterocycles. The lowest BCUT2D eigenvalue weighted by molar-refractivity contribution is -0.183. The molecule has 0 aliphatic carbocycles. The van der Waals surface area contributed by atoms with E-state index >= 15 is 0 Å². The van der Waals surface area contributed by atoms with E-state index in [1.807, 2.05) is 0 Å². The van der Waals surface area contributed by atoms with E-state index in [9.17, 15) is 28.6 Å². The first-order chi connectivity index (χ1) is 22.4. The summed E-state index contributed by atoms with van der Waals surface area (Å²) in [7, 11) is -3.52. The third kappa shape index (κ3) is 5.67. The average Bonchev–Trinajstić information content (AvgIpc) is 3.84. The van der Waals surface area contributed by atoms with Crippen LogP contribution in [-0.4, -0.2) is 109 Å². The van der Waals surface area contributed by atoms with Gasteiger partial charge in [-0.05, 0) is 18.2 Å². The minimum Gasteiger partial charge on any atom is -0.395 e. The Morgan fingerprint density at radius 1 is 1.23 bits per heavy atom. The summed E-state index contributed by atoms with van der Waals surface area (Å²) >= 11 is 6.35. The summed E-state index contributed by atoms with van der Waals surface area (Å²) in [5, 5.41) is 9.21. The number of anilines is 2. The van der Waals surface area contributed by atoms with Gasteiger partial charge in [-0.25, -0.2) is 24.3 Å². The number of rotatable bonds is 11. The summed E-state index contributed by atoms with van der Waals surface area (Å²) in [6.07, 6.45) is -0.360. The lowest BCUT2D eigenvalue weighted by Gasteiger charge is -2.33. The van der Waals surface area contributed by atoms with E-state index in [2.05, 4.69) is 29.9 Å². The van der Waals surface area contributed by atoms with Gasteiger partial charge in [-0.2, -0.15) is 4.98 Å². The number of nitrogens with two attached hydrogens (primary N) is 2. The zero-order valence-electron chi connectivity index (χ0n) is 23.8. The number of halogens is 1. The van der Waals surface area contributed by atoms with E-state index < -0.39 is 80.7 Å². The average molecular weight is 737 g/mol. The molecule has 0 radical (unpaired) electrons. The van der Waals surface area contributed by atoms with Gasteiger partial charge in [0, 0.05) is 0 Å². The second kappa shape index (κ2) is 12.0. The molecule has 0 spiro atoms. The number of nitrogen functional groups attached to an aromatic ring is 2. The molecule has 2 bridgehead atoms. The molecule has 47 heavy (non-hydrogen) atoms. The number of alkyl halides is 1. The van der Waals surface area contributed by atoms with Crippen molar-refractivity contribution >= 4 is 72.6 Å². The number of aliphatic hydroxyl groups excluding tert-OH is 1. The largest absolute Gasteiger partial charge is 0.395 e. The van der Waals surface area contributed by atoms with Crippen LogP contribution in [0.15, 0.2) is 23.8 Å². The maximum absolute atomic E-state index is 14.3. The first-order valence-corrected chi connectivity index (χ1v) is 18.5. The van der Waals surface area contributed by atoms with E-state index in [0.717, 1.165) is 11.8 Å². The Morgan fingerprint density at radius 2 is 2.00 bits per heavy atom. The van der Waals surface area contributed by atoms with Gasteiger partial charge >= 0.3 is 15.0 Å². The fourth-order valence-electron chi connectivity index (χ4n) is 5.98. The molecule has 254 valence electrons. The summed E-state index contributed by atoms with van der Waals surface area (Å²) in [6.45, 7) is -6.46. The van der Waals surface area contributed by atoms with Gasteiger partial charge in [0.1, 0.15) is 41.7 Å². The maximum atomic E-state index is 14.3. The van der Waals surface area contributed by atoms with Crippen molar-refractivity contribution in [3.8, 4) is 0 Å². The van der Waals surface area contributed by atoms with Gasteiger partial charge < -0.3 is 49.4 Å².